The van der Waals surface area contributed by atoms with Crippen molar-refractivity contribution in [3.63, 3.8) is 0 Å². The Balaban J connectivity index is 2.75. The van der Waals surface area contributed by atoms with Gasteiger partial charge in [-0.2, -0.15) is 4.98 Å². The van der Waals surface area contributed by atoms with Crippen molar-refractivity contribution in [2.24, 2.45) is 0 Å². The second-order valence-corrected chi connectivity index (χ2v) is 3.73. The largest absolute Gasteiger partial charge is 0.354 e. The lowest BCUT2D eigenvalue weighted by molar-refractivity contribution is 0.492. The first-order valence-corrected chi connectivity index (χ1v) is 5.21. The highest BCUT2D eigenvalue weighted by molar-refractivity contribution is 6.32. The monoisotopic (exact) mass is 229 g/mol. The Bertz CT molecular complexity index is 315. The summed E-state index contributed by atoms with van der Waals surface area (Å²) in [6.07, 6.45) is 2.61. The van der Waals surface area contributed by atoms with Crippen molar-refractivity contribution in [3.05, 3.63) is 11.2 Å². The first kappa shape index (κ1) is 12.0. The molecule has 0 aromatic carbocycles. The van der Waals surface area contributed by atoms with Crippen LogP contribution in [0.5, 0.6) is 0 Å². The van der Waals surface area contributed by atoms with E-state index >= 15 is 0 Å². The van der Waals surface area contributed by atoms with Crippen LogP contribution in [0.3, 0.4) is 0 Å². The van der Waals surface area contributed by atoms with Gasteiger partial charge in [0, 0.05) is 20.6 Å². The Hall–Kier alpha value is -1.07. The molecule has 0 saturated carbocycles. The molecule has 0 saturated heterocycles. The summed E-state index contributed by atoms with van der Waals surface area (Å²) < 4.78 is 0. The molecule has 6 heteroatoms. The van der Waals surface area contributed by atoms with Crippen LogP contribution in [0.2, 0.25) is 5.02 Å². The van der Waals surface area contributed by atoms with Crippen LogP contribution in [-0.2, 0) is 0 Å². The van der Waals surface area contributed by atoms with Crippen LogP contribution < -0.4 is 10.7 Å². The summed E-state index contributed by atoms with van der Waals surface area (Å²) >= 11 is 5.93. The number of hydrogen-bond acceptors (Lipinski definition) is 5. The molecule has 5 nitrogen and oxygen atoms in total. The molecule has 1 aromatic heterocycles. The molecule has 0 aliphatic rings. The second-order valence-electron chi connectivity index (χ2n) is 3.32. The van der Waals surface area contributed by atoms with Crippen molar-refractivity contribution >= 4 is 23.4 Å². The summed E-state index contributed by atoms with van der Waals surface area (Å²) in [5.74, 6) is 1.20. The Morgan fingerprint density at radius 2 is 2.20 bits per heavy atom. The SMILES string of the molecule is CCCNc1ncc(Cl)c(NN(C)C)n1. The van der Waals surface area contributed by atoms with E-state index < -0.39 is 0 Å². The smallest absolute Gasteiger partial charge is 0.224 e. The van der Waals surface area contributed by atoms with E-state index in [9.17, 15) is 0 Å². The van der Waals surface area contributed by atoms with E-state index in [0.717, 1.165) is 13.0 Å². The topological polar surface area (TPSA) is 53.1 Å². The van der Waals surface area contributed by atoms with Gasteiger partial charge in [0.15, 0.2) is 5.82 Å². The zero-order valence-electron chi connectivity index (χ0n) is 9.21. The summed E-state index contributed by atoms with van der Waals surface area (Å²) in [6, 6.07) is 0. The molecule has 84 valence electrons. The fraction of sp³-hybridized carbons (Fsp3) is 0.556. The zero-order valence-corrected chi connectivity index (χ0v) is 9.97. The second kappa shape index (κ2) is 5.72. The maximum Gasteiger partial charge on any atom is 0.224 e. The van der Waals surface area contributed by atoms with E-state index in [2.05, 4.69) is 27.6 Å². The first-order valence-electron chi connectivity index (χ1n) is 4.84. The minimum Gasteiger partial charge on any atom is -0.354 e. The van der Waals surface area contributed by atoms with Gasteiger partial charge in [-0.15, -0.1) is 0 Å². The van der Waals surface area contributed by atoms with E-state index in [1.807, 2.05) is 14.1 Å². The number of halogens is 1. The predicted octanol–water partition coefficient (Wildman–Crippen LogP) is 1.84. The van der Waals surface area contributed by atoms with Gasteiger partial charge in [0.05, 0.1) is 6.20 Å². The van der Waals surface area contributed by atoms with Gasteiger partial charge in [-0.05, 0) is 6.42 Å². The van der Waals surface area contributed by atoms with Gasteiger partial charge in [-0.25, -0.2) is 9.99 Å². The highest BCUT2D eigenvalue weighted by atomic mass is 35.5. The Morgan fingerprint density at radius 1 is 1.47 bits per heavy atom. The highest BCUT2D eigenvalue weighted by Crippen LogP contribution is 2.19. The van der Waals surface area contributed by atoms with Crippen LogP contribution in [0.25, 0.3) is 0 Å². The van der Waals surface area contributed by atoms with E-state index in [1.165, 1.54) is 0 Å². The fourth-order valence-electron chi connectivity index (χ4n) is 0.979. The molecule has 1 rings (SSSR count). The van der Waals surface area contributed by atoms with Gasteiger partial charge in [0.2, 0.25) is 5.95 Å². The molecule has 0 spiro atoms. The number of nitrogens with zero attached hydrogens (tertiary/aromatic N) is 3. The van der Waals surface area contributed by atoms with Gasteiger partial charge in [0.25, 0.3) is 0 Å². The van der Waals surface area contributed by atoms with Crippen molar-refractivity contribution in [1.82, 2.24) is 15.0 Å². The lowest BCUT2D eigenvalue weighted by atomic mass is 10.5. The van der Waals surface area contributed by atoms with Crippen molar-refractivity contribution in [2.75, 3.05) is 31.4 Å². The molecular formula is C9H16ClN5. The summed E-state index contributed by atoms with van der Waals surface area (Å²) in [7, 11) is 3.75. The molecule has 1 aromatic rings. The van der Waals surface area contributed by atoms with Crippen LogP contribution in [-0.4, -0.2) is 35.6 Å². The number of rotatable bonds is 5. The fourth-order valence-corrected chi connectivity index (χ4v) is 1.11. The molecule has 0 radical (unpaired) electrons. The minimum atomic E-state index is 0.505. The third-order valence-corrected chi connectivity index (χ3v) is 1.88. The molecule has 0 atom stereocenters. The molecule has 0 unspecified atom stereocenters. The Morgan fingerprint density at radius 3 is 2.80 bits per heavy atom. The third kappa shape index (κ3) is 3.89. The van der Waals surface area contributed by atoms with E-state index in [4.69, 9.17) is 11.6 Å². The average molecular weight is 230 g/mol. The number of hydrazine groups is 1. The summed E-state index contributed by atoms with van der Waals surface area (Å²) in [4.78, 5) is 8.31. The maximum absolute atomic E-state index is 5.93. The number of hydrogen-bond donors (Lipinski definition) is 2. The van der Waals surface area contributed by atoms with Gasteiger partial charge in [-0.3, -0.25) is 0 Å². The number of anilines is 2. The summed E-state index contributed by atoms with van der Waals surface area (Å²) in [5, 5.41) is 5.38. The van der Waals surface area contributed by atoms with Crippen LogP contribution in [0, 0.1) is 0 Å². The average Bonchev–Trinajstić information content (AvgIpc) is 2.18. The molecule has 0 aliphatic carbocycles. The van der Waals surface area contributed by atoms with Gasteiger partial charge in [0.1, 0.15) is 5.02 Å². The Labute approximate surface area is 94.8 Å². The van der Waals surface area contributed by atoms with Crippen LogP contribution in [0.4, 0.5) is 11.8 Å². The van der Waals surface area contributed by atoms with Gasteiger partial charge in [-0.1, -0.05) is 18.5 Å². The number of nitrogens with one attached hydrogen (secondary N) is 2. The van der Waals surface area contributed by atoms with Crippen molar-refractivity contribution < 1.29 is 0 Å². The van der Waals surface area contributed by atoms with Crippen LogP contribution >= 0.6 is 11.6 Å². The van der Waals surface area contributed by atoms with E-state index in [1.54, 1.807) is 11.2 Å². The molecule has 0 fully saturated rings. The zero-order chi connectivity index (χ0) is 11.3. The van der Waals surface area contributed by atoms with Crippen LogP contribution in [0.15, 0.2) is 6.20 Å². The lowest BCUT2D eigenvalue weighted by Crippen LogP contribution is -2.21. The molecule has 0 aliphatic heterocycles. The normalized spacial score (nSPS) is 10.5. The minimum absolute atomic E-state index is 0.505. The summed E-state index contributed by atoms with van der Waals surface area (Å²) in [6.45, 7) is 2.94. The molecule has 0 bridgehead atoms. The molecule has 2 N–H and O–H groups in total. The molecule has 15 heavy (non-hydrogen) atoms. The standard InChI is InChI=1S/C9H16ClN5/c1-4-5-11-9-12-6-7(10)8(13-9)14-15(2)3/h6H,4-5H2,1-3H3,(H2,11,12,13,14). The Kier molecular flexibility index (Phi) is 4.58. The van der Waals surface area contributed by atoms with Crippen LogP contribution in [0.1, 0.15) is 13.3 Å². The van der Waals surface area contributed by atoms with E-state index in [0.29, 0.717) is 16.8 Å². The van der Waals surface area contributed by atoms with Crippen molar-refractivity contribution in [1.29, 1.82) is 0 Å². The highest BCUT2D eigenvalue weighted by Gasteiger charge is 2.04. The van der Waals surface area contributed by atoms with Crippen molar-refractivity contribution in [3.8, 4) is 0 Å². The number of aromatic nitrogens is 2. The maximum atomic E-state index is 5.93. The van der Waals surface area contributed by atoms with Crippen molar-refractivity contribution in [2.45, 2.75) is 13.3 Å². The molecular weight excluding hydrogens is 214 g/mol. The van der Waals surface area contributed by atoms with Gasteiger partial charge < -0.3 is 10.7 Å². The van der Waals surface area contributed by atoms with E-state index in [-0.39, 0.29) is 0 Å². The van der Waals surface area contributed by atoms with Gasteiger partial charge >= 0.3 is 0 Å². The lowest BCUT2D eigenvalue weighted by Gasteiger charge is -2.14. The molecule has 0 amide bonds. The molecule has 1 heterocycles. The summed E-state index contributed by atoms with van der Waals surface area (Å²) in [5.41, 5.74) is 3.00. The quantitative estimate of drug-likeness (QED) is 0.755. The third-order valence-electron chi connectivity index (χ3n) is 1.61. The first-order chi connectivity index (χ1) is 7.13. The predicted molar refractivity (Wildman–Crippen MR) is 63.1 cm³/mol.